The van der Waals surface area contributed by atoms with E-state index in [2.05, 4.69) is 20.5 Å². The lowest BCUT2D eigenvalue weighted by Crippen LogP contribution is -2.11. The molecule has 0 spiro atoms. The van der Waals surface area contributed by atoms with E-state index in [1.807, 2.05) is 31.4 Å². The van der Waals surface area contributed by atoms with E-state index in [1.54, 1.807) is 12.4 Å². The van der Waals surface area contributed by atoms with Crippen LogP contribution in [0.4, 0.5) is 11.5 Å². The zero-order valence-electron chi connectivity index (χ0n) is 12.0. The molecule has 0 bridgehead atoms. The minimum absolute atomic E-state index is 0.0308. The van der Waals surface area contributed by atoms with Gasteiger partial charge in [-0.15, -0.1) is 10.2 Å². The Labute approximate surface area is 118 Å². The Morgan fingerprint density at radius 2 is 2.20 bits per heavy atom. The van der Waals surface area contributed by atoms with E-state index < -0.39 is 0 Å². The van der Waals surface area contributed by atoms with Gasteiger partial charge in [-0.1, -0.05) is 0 Å². The van der Waals surface area contributed by atoms with Crippen LogP contribution in [0.5, 0.6) is 5.88 Å². The zero-order chi connectivity index (χ0) is 14.5. The highest BCUT2D eigenvalue weighted by Crippen LogP contribution is 2.22. The SMILES string of the molecule is CCn1cnnc1CNc1ccc(N)c(OC(C)C)n1. The first-order valence-corrected chi connectivity index (χ1v) is 6.64. The summed E-state index contributed by atoms with van der Waals surface area (Å²) in [6.07, 6.45) is 1.74. The Hall–Kier alpha value is -2.31. The molecule has 2 rings (SSSR count). The molecule has 0 radical (unpaired) electrons. The van der Waals surface area contributed by atoms with Crippen molar-refractivity contribution in [1.82, 2.24) is 19.7 Å². The summed E-state index contributed by atoms with van der Waals surface area (Å²) >= 11 is 0. The zero-order valence-corrected chi connectivity index (χ0v) is 12.0. The maximum absolute atomic E-state index is 5.83. The van der Waals surface area contributed by atoms with Crippen molar-refractivity contribution in [3.63, 3.8) is 0 Å². The molecule has 0 aliphatic rings. The van der Waals surface area contributed by atoms with Crippen LogP contribution in [-0.2, 0) is 13.1 Å². The third-order valence-corrected chi connectivity index (χ3v) is 2.70. The van der Waals surface area contributed by atoms with Gasteiger partial charge in [0.1, 0.15) is 12.1 Å². The second kappa shape index (κ2) is 6.23. The van der Waals surface area contributed by atoms with Crippen molar-refractivity contribution < 1.29 is 4.74 Å². The molecule has 108 valence electrons. The monoisotopic (exact) mass is 276 g/mol. The number of hydrogen-bond donors (Lipinski definition) is 2. The van der Waals surface area contributed by atoms with E-state index in [0.29, 0.717) is 23.9 Å². The number of nitrogens with zero attached hydrogens (tertiary/aromatic N) is 4. The summed E-state index contributed by atoms with van der Waals surface area (Å²) in [5, 5.41) is 11.1. The van der Waals surface area contributed by atoms with Crippen molar-refractivity contribution in [2.75, 3.05) is 11.1 Å². The first-order chi connectivity index (χ1) is 9.60. The van der Waals surface area contributed by atoms with Gasteiger partial charge in [0, 0.05) is 6.54 Å². The number of ether oxygens (including phenoxy) is 1. The van der Waals surface area contributed by atoms with Crippen molar-refractivity contribution in [3.8, 4) is 5.88 Å². The van der Waals surface area contributed by atoms with Crippen molar-refractivity contribution in [3.05, 3.63) is 24.3 Å². The maximum Gasteiger partial charge on any atom is 0.239 e. The number of rotatable bonds is 6. The fourth-order valence-electron chi connectivity index (χ4n) is 1.72. The molecule has 2 aromatic heterocycles. The van der Waals surface area contributed by atoms with Gasteiger partial charge < -0.3 is 20.4 Å². The molecule has 0 amide bonds. The third-order valence-electron chi connectivity index (χ3n) is 2.70. The van der Waals surface area contributed by atoms with E-state index in [9.17, 15) is 0 Å². The quantitative estimate of drug-likeness (QED) is 0.834. The lowest BCUT2D eigenvalue weighted by Gasteiger charge is -2.13. The standard InChI is InChI=1S/C13H20N6O/c1-4-19-8-16-18-12(19)7-15-11-6-5-10(14)13(17-11)20-9(2)3/h5-6,8-9H,4,7,14H2,1-3H3,(H,15,17). The molecule has 7 heteroatoms. The normalized spacial score (nSPS) is 10.8. The van der Waals surface area contributed by atoms with Crippen LogP contribution in [-0.4, -0.2) is 25.9 Å². The van der Waals surface area contributed by atoms with Gasteiger partial charge in [0.05, 0.1) is 18.3 Å². The number of nitrogens with one attached hydrogen (secondary N) is 1. The van der Waals surface area contributed by atoms with E-state index in [-0.39, 0.29) is 6.10 Å². The summed E-state index contributed by atoms with van der Waals surface area (Å²) in [4.78, 5) is 4.35. The molecular weight excluding hydrogens is 256 g/mol. The second-order valence-electron chi connectivity index (χ2n) is 4.64. The summed E-state index contributed by atoms with van der Waals surface area (Å²) in [6, 6.07) is 3.59. The van der Waals surface area contributed by atoms with Crippen LogP contribution >= 0.6 is 0 Å². The smallest absolute Gasteiger partial charge is 0.239 e. The van der Waals surface area contributed by atoms with Crippen molar-refractivity contribution in [2.24, 2.45) is 0 Å². The van der Waals surface area contributed by atoms with E-state index in [0.717, 1.165) is 12.4 Å². The van der Waals surface area contributed by atoms with Gasteiger partial charge in [-0.2, -0.15) is 4.98 Å². The number of anilines is 2. The van der Waals surface area contributed by atoms with Crippen LogP contribution < -0.4 is 15.8 Å². The summed E-state index contributed by atoms with van der Waals surface area (Å²) in [5.41, 5.74) is 6.36. The molecule has 0 unspecified atom stereocenters. The van der Waals surface area contributed by atoms with Crippen LogP contribution in [0.15, 0.2) is 18.5 Å². The average Bonchev–Trinajstić information content (AvgIpc) is 2.86. The lowest BCUT2D eigenvalue weighted by atomic mass is 10.4. The molecule has 0 saturated carbocycles. The molecule has 0 aliphatic carbocycles. The number of aromatic nitrogens is 4. The number of hydrogen-bond acceptors (Lipinski definition) is 6. The Morgan fingerprint density at radius 1 is 1.40 bits per heavy atom. The Balaban J connectivity index is 2.06. The number of aryl methyl sites for hydroxylation is 1. The van der Waals surface area contributed by atoms with E-state index >= 15 is 0 Å². The molecule has 3 N–H and O–H groups in total. The topological polar surface area (TPSA) is 90.9 Å². The Kier molecular flexibility index (Phi) is 4.39. The Morgan fingerprint density at radius 3 is 2.90 bits per heavy atom. The second-order valence-corrected chi connectivity index (χ2v) is 4.64. The molecule has 0 atom stereocenters. The molecule has 0 aromatic carbocycles. The first-order valence-electron chi connectivity index (χ1n) is 6.64. The average molecular weight is 276 g/mol. The van der Waals surface area contributed by atoms with Crippen LogP contribution in [0.25, 0.3) is 0 Å². The van der Waals surface area contributed by atoms with Gasteiger partial charge in [0.25, 0.3) is 0 Å². The van der Waals surface area contributed by atoms with Gasteiger partial charge in [0.15, 0.2) is 5.82 Å². The number of pyridine rings is 1. The molecule has 20 heavy (non-hydrogen) atoms. The van der Waals surface area contributed by atoms with Crippen molar-refractivity contribution in [1.29, 1.82) is 0 Å². The van der Waals surface area contributed by atoms with Crippen molar-refractivity contribution in [2.45, 2.75) is 40.0 Å². The van der Waals surface area contributed by atoms with Crippen LogP contribution in [0.2, 0.25) is 0 Å². The summed E-state index contributed by atoms with van der Waals surface area (Å²) in [6.45, 7) is 7.30. The van der Waals surface area contributed by atoms with Crippen LogP contribution in [0.1, 0.15) is 26.6 Å². The lowest BCUT2D eigenvalue weighted by molar-refractivity contribution is 0.234. The van der Waals surface area contributed by atoms with E-state index in [4.69, 9.17) is 10.5 Å². The van der Waals surface area contributed by atoms with Gasteiger partial charge in [-0.25, -0.2) is 0 Å². The summed E-state index contributed by atoms with van der Waals surface area (Å²) in [7, 11) is 0. The van der Waals surface area contributed by atoms with Gasteiger partial charge in [-0.05, 0) is 32.9 Å². The molecule has 2 heterocycles. The van der Waals surface area contributed by atoms with Gasteiger partial charge >= 0.3 is 0 Å². The molecular formula is C13H20N6O. The highest BCUT2D eigenvalue weighted by molar-refractivity contribution is 5.53. The highest BCUT2D eigenvalue weighted by atomic mass is 16.5. The predicted molar refractivity (Wildman–Crippen MR) is 77.4 cm³/mol. The molecule has 0 aliphatic heterocycles. The molecule has 7 nitrogen and oxygen atoms in total. The summed E-state index contributed by atoms with van der Waals surface area (Å²) in [5.74, 6) is 2.00. The maximum atomic E-state index is 5.83. The molecule has 2 aromatic rings. The predicted octanol–water partition coefficient (Wildman–Crippen LogP) is 1.67. The van der Waals surface area contributed by atoms with Gasteiger partial charge in [-0.3, -0.25) is 0 Å². The first kappa shape index (κ1) is 14.1. The van der Waals surface area contributed by atoms with Crippen molar-refractivity contribution >= 4 is 11.5 Å². The fraction of sp³-hybridized carbons (Fsp3) is 0.462. The number of nitrogen functional groups attached to an aromatic ring is 1. The Bertz CT molecular complexity index is 566. The van der Waals surface area contributed by atoms with Crippen LogP contribution in [0.3, 0.4) is 0 Å². The van der Waals surface area contributed by atoms with Crippen LogP contribution in [0, 0.1) is 0 Å². The van der Waals surface area contributed by atoms with Gasteiger partial charge in [0.2, 0.25) is 5.88 Å². The minimum Gasteiger partial charge on any atom is -0.473 e. The number of nitrogens with two attached hydrogens (primary N) is 1. The summed E-state index contributed by atoms with van der Waals surface area (Å²) < 4.78 is 7.53. The minimum atomic E-state index is 0.0308. The van der Waals surface area contributed by atoms with E-state index in [1.165, 1.54) is 0 Å². The highest BCUT2D eigenvalue weighted by Gasteiger charge is 2.07. The molecule has 0 saturated heterocycles. The fourth-order valence-corrected chi connectivity index (χ4v) is 1.72. The largest absolute Gasteiger partial charge is 0.473 e. The molecule has 0 fully saturated rings. The third kappa shape index (κ3) is 3.37.